The molecule has 184 valence electrons. The summed E-state index contributed by atoms with van der Waals surface area (Å²) in [7, 11) is 0. The maximum atomic E-state index is 13.8. The van der Waals surface area contributed by atoms with Gasteiger partial charge in [0.05, 0.1) is 17.3 Å². The van der Waals surface area contributed by atoms with Gasteiger partial charge in [-0.15, -0.1) is 0 Å². The Morgan fingerprint density at radius 2 is 1.84 bits per heavy atom. The van der Waals surface area contributed by atoms with Gasteiger partial charge in [-0.2, -0.15) is 10.2 Å². The monoisotopic (exact) mass is 493 g/mol. The molecule has 0 unspecified atom stereocenters. The summed E-state index contributed by atoms with van der Waals surface area (Å²) in [6.45, 7) is 3.92. The van der Waals surface area contributed by atoms with Crippen LogP contribution in [0.1, 0.15) is 23.9 Å². The molecule has 0 bridgehead atoms. The Morgan fingerprint density at radius 3 is 2.51 bits per heavy atom. The minimum atomic E-state index is -0.361. The Balaban J connectivity index is 0.000000270. The fraction of sp³-hybridized carbons (Fsp3) is 0.107. The van der Waals surface area contributed by atoms with E-state index in [2.05, 4.69) is 15.0 Å². The molecule has 37 heavy (non-hydrogen) atoms. The van der Waals surface area contributed by atoms with Crippen LogP contribution in [-0.2, 0) is 6.42 Å². The molecule has 0 saturated carbocycles. The molecule has 0 amide bonds. The fourth-order valence-electron chi connectivity index (χ4n) is 4.02. The predicted octanol–water partition coefficient (Wildman–Crippen LogP) is 4.58. The van der Waals surface area contributed by atoms with Crippen LogP contribution in [0.3, 0.4) is 0 Å². The number of aryl methyl sites for hydroxylation is 2. The van der Waals surface area contributed by atoms with Gasteiger partial charge in [-0.1, -0.05) is 31.2 Å². The molecule has 0 aliphatic carbocycles. The largest absolute Gasteiger partial charge is 0.382 e. The van der Waals surface area contributed by atoms with Crippen molar-refractivity contribution < 1.29 is 4.39 Å². The third kappa shape index (κ3) is 5.28. The normalized spacial score (nSPS) is 10.4. The number of pyridine rings is 2. The number of benzene rings is 2. The summed E-state index contributed by atoms with van der Waals surface area (Å²) in [5.41, 5.74) is 14.6. The number of hydrogen-bond acceptors (Lipinski definition) is 7. The van der Waals surface area contributed by atoms with E-state index in [9.17, 15) is 9.18 Å². The van der Waals surface area contributed by atoms with Crippen molar-refractivity contribution in [2.45, 2.75) is 20.3 Å². The molecule has 5 rings (SSSR count). The first-order valence-electron chi connectivity index (χ1n) is 11.5. The van der Waals surface area contributed by atoms with Crippen LogP contribution in [0, 0.1) is 24.1 Å². The van der Waals surface area contributed by atoms with Crippen molar-refractivity contribution in [3.8, 4) is 22.9 Å². The average Bonchev–Trinajstić information content (AvgIpc) is 2.88. The first-order valence-corrected chi connectivity index (χ1v) is 11.5. The van der Waals surface area contributed by atoms with E-state index in [1.54, 1.807) is 22.9 Å². The van der Waals surface area contributed by atoms with Gasteiger partial charge < -0.3 is 11.5 Å². The molecule has 9 heteroatoms. The zero-order valence-corrected chi connectivity index (χ0v) is 20.3. The highest BCUT2D eigenvalue weighted by atomic mass is 19.1. The maximum absolute atomic E-state index is 13.8. The lowest BCUT2D eigenvalue weighted by Crippen LogP contribution is -2.22. The highest BCUT2D eigenvalue weighted by molar-refractivity contribution is 5.96. The highest BCUT2D eigenvalue weighted by Crippen LogP contribution is 2.28. The minimum absolute atomic E-state index is 0.0801. The van der Waals surface area contributed by atoms with Crippen molar-refractivity contribution >= 4 is 22.5 Å². The topological polar surface area (TPSA) is 136 Å². The van der Waals surface area contributed by atoms with E-state index >= 15 is 0 Å². The summed E-state index contributed by atoms with van der Waals surface area (Å²) in [5.74, 6) is -0.161. The van der Waals surface area contributed by atoms with Gasteiger partial charge in [-0.05, 0) is 66.3 Å². The molecule has 4 N–H and O–H groups in total. The van der Waals surface area contributed by atoms with E-state index in [1.807, 2.05) is 56.3 Å². The zero-order valence-electron chi connectivity index (χ0n) is 20.3. The zero-order chi connectivity index (χ0) is 26.5. The number of hydrogen-bond donors (Lipinski definition) is 2. The van der Waals surface area contributed by atoms with Crippen molar-refractivity contribution in [1.82, 2.24) is 19.5 Å². The quantitative estimate of drug-likeness (QED) is 0.375. The molecule has 0 aliphatic rings. The van der Waals surface area contributed by atoms with Crippen LogP contribution in [0.25, 0.3) is 27.6 Å². The Bertz CT molecular complexity index is 1710. The Hall–Kier alpha value is -5.10. The van der Waals surface area contributed by atoms with Gasteiger partial charge in [-0.3, -0.25) is 14.3 Å². The second-order valence-electron chi connectivity index (χ2n) is 8.20. The smallest absolute Gasteiger partial charge is 0.263 e. The molecular weight excluding hydrogens is 469 g/mol. The van der Waals surface area contributed by atoms with E-state index < -0.39 is 0 Å². The van der Waals surface area contributed by atoms with Gasteiger partial charge in [-0.25, -0.2) is 9.37 Å². The van der Waals surface area contributed by atoms with Crippen molar-refractivity contribution in [3.05, 3.63) is 106 Å². The molecule has 0 atom stereocenters. The van der Waals surface area contributed by atoms with E-state index in [-0.39, 0.29) is 28.7 Å². The van der Waals surface area contributed by atoms with E-state index in [1.165, 1.54) is 18.3 Å². The molecular formula is C28H24FN7O. The summed E-state index contributed by atoms with van der Waals surface area (Å²) in [6, 6.07) is 19.7. The third-order valence-corrected chi connectivity index (χ3v) is 5.72. The van der Waals surface area contributed by atoms with Crippen LogP contribution in [0.5, 0.6) is 0 Å². The van der Waals surface area contributed by atoms with Gasteiger partial charge in [0, 0.05) is 17.6 Å². The highest BCUT2D eigenvalue weighted by Gasteiger charge is 2.14. The molecule has 0 radical (unpaired) electrons. The number of fused-ring (bicyclic) bond motifs is 1. The number of nitriles is 1. The Labute approximate surface area is 212 Å². The van der Waals surface area contributed by atoms with Gasteiger partial charge in [0.15, 0.2) is 0 Å². The minimum Gasteiger partial charge on any atom is -0.382 e. The molecule has 5 aromatic rings. The van der Waals surface area contributed by atoms with Gasteiger partial charge >= 0.3 is 0 Å². The number of nitrogen functional groups attached to an aromatic ring is 2. The Morgan fingerprint density at radius 1 is 1.05 bits per heavy atom. The summed E-state index contributed by atoms with van der Waals surface area (Å²) in [6.07, 6.45) is 3.70. The fourth-order valence-corrected chi connectivity index (χ4v) is 4.02. The first kappa shape index (κ1) is 25.0. The molecule has 0 spiro atoms. The number of rotatable bonds is 3. The van der Waals surface area contributed by atoms with Gasteiger partial charge in [0.1, 0.15) is 23.3 Å². The van der Waals surface area contributed by atoms with Crippen LogP contribution in [0.2, 0.25) is 0 Å². The molecule has 3 heterocycles. The van der Waals surface area contributed by atoms with Crippen LogP contribution < -0.4 is 17.0 Å². The molecule has 0 fully saturated rings. The number of aromatic nitrogens is 4. The number of nitrogens with two attached hydrogens (primary N) is 2. The number of nitrogens with zero attached hydrogens (tertiary/aromatic N) is 5. The molecule has 0 saturated heterocycles. The average molecular weight is 494 g/mol. The Kier molecular flexibility index (Phi) is 7.21. The van der Waals surface area contributed by atoms with Crippen molar-refractivity contribution in [2.24, 2.45) is 0 Å². The summed E-state index contributed by atoms with van der Waals surface area (Å²) < 4.78 is 15.4. The third-order valence-electron chi connectivity index (χ3n) is 5.72. The van der Waals surface area contributed by atoms with Crippen molar-refractivity contribution in [1.29, 1.82) is 5.26 Å². The standard InChI is InChI=1S/C23H19FN2O.C5H5N5/c1-3-19-13-17-6-4-9-21(16-10-11-25-15(2)12-16)22(17)23(27)26(19)20-8-5-7-18(24)14-20;6-1-3-2-9-5(8)10-4(3)7/h4-14H,3H2,1-2H3;2H,(H4,7,8,9,10). The summed E-state index contributed by atoms with van der Waals surface area (Å²) in [4.78, 5) is 24.9. The first-order chi connectivity index (χ1) is 17.8. The van der Waals surface area contributed by atoms with Crippen molar-refractivity contribution in [2.75, 3.05) is 11.5 Å². The predicted molar refractivity (Wildman–Crippen MR) is 142 cm³/mol. The summed E-state index contributed by atoms with van der Waals surface area (Å²) in [5, 5.41) is 9.87. The molecule has 3 aromatic heterocycles. The molecule has 2 aromatic carbocycles. The lowest BCUT2D eigenvalue weighted by atomic mass is 9.98. The van der Waals surface area contributed by atoms with Crippen molar-refractivity contribution in [3.63, 3.8) is 0 Å². The van der Waals surface area contributed by atoms with E-state index in [0.717, 1.165) is 27.9 Å². The SMILES string of the molecule is CCc1cc2cccc(-c3ccnc(C)c3)c2c(=O)n1-c1cccc(F)c1.N#Cc1cnc(N)nc1N. The lowest BCUT2D eigenvalue weighted by molar-refractivity contribution is 0.626. The second-order valence-corrected chi connectivity index (χ2v) is 8.20. The molecule has 8 nitrogen and oxygen atoms in total. The summed E-state index contributed by atoms with van der Waals surface area (Å²) >= 11 is 0. The van der Waals surface area contributed by atoms with Crippen LogP contribution in [-0.4, -0.2) is 19.5 Å². The van der Waals surface area contributed by atoms with E-state index in [4.69, 9.17) is 16.7 Å². The maximum Gasteiger partial charge on any atom is 0.263 e. The number of halogens is 1. The van der Waals surface area contributed by atoms with Gasteiger partial charge in [0.25, 0.3) is 5.56 Å². The van der Waals surface area contributed by atoms with Crippen LogP contribution in [0.15, 0.2) is 77.9 Å². The van der Waals surface area contributed by atoms with Crippen LogP contribution >= 0.6 is 0 Å². The van der Waals surface area contributed by atoms with E-state index in [0.29, 0.717) is 17.5 Å². The number of anilines is 2. The molecule has 0 aliphatic heterocycles. The van der Waals surface area contributed by atoms with Gasteiger partial charge in [0.2, 0.25) is 5.95 Å². The lowest BCUT2D eigenvalue weighted by Gasteiger charge is -2.15. The van der Waals surface area contributed by atoms with Crippen LogP contribution in [0.4, 0.5) is 16.2 Å². The second kappa shape index (κ2) is 10.7.